The van der Waals surface area contributed by atoms with Crippen molar-refractivity contribution in [3.8, 4) is 17.1 Å². The molecule has 1 saturated carbocycles. The van der Waals surface area contributed by atoms with E-state index >= 15 is 0 Å². The topological polar surface area (TPSA) is 83.0 Å². The Balaban J connectivity index is 1.74. The first-order valence-electron chi connectivity index (χ1n) is 8.28. The van der Waals surface area contributed by atoms with Gasteiger partial charge in [0.2, 0.25) is 5.91 Å². The highest BCUT2D eigenvalue weighted by Crippen LogP contribution is 2.28. The minimum atomic E-state index is -0.361. The quantitative estimate of drug-likeness (QED) is 0.780. The van der Waals surface area contributed by atoms with Crippen LogP contribution < -0.4 is 10.5 Å². The number of rotatable bonds is 7. The van der Waals surface area contributed by atoms with Crippen molar-refractivity contribution in [2.75, 3.05) is 5.75 Å². The molecule has 128 valence electrons. The van der Waals surface area contributed by atoms with Crippen molar-refractivity contribution in [1.29, 1.82) is 0 Å². The lowest BCUT2D eigenvalue weighted by molar-refractivity contribution is -0.115. The fraction of sp³-hybridized carbons (Fsp3) is 0.471. The van der Waals surface area contributed by atoms with Crippen molar-refractivity contribution in [3.63, 3.8) is 0 Å². The van der Waals surface area contributed by atoms with Crippen molar-refractivity contribution >= 4 is 17.7 Å². The maximum absolute atomic E-state index is 11.0. The molecule has 0 unspecified atom stereocenters. The van der Waals surface area contributed by atoms with E-state index in [1.165, 1.54) is 24.6 Å². The summed E-state index contributed by atoms with van der Waals surface area (Å²) < 4.78 is 7.98. The first-order chi connectivity index (χ1) is 11.7. The molecular formula is C17H22N4O2S. The third-order valence-electron chi connectivity index (χ3n) is 4.09. The highest BCUT2D eigenvalue weighted by molar-refractivity contribution is 7.99. The van der Waals surface area contributed by atoms with E-state index in [0.717, 1.165) is 36.5 Å². The van der Waals surface area contributed by atoms with Gasteiger partial charge in [0.1, 0.15) is 5.75 Å². The van der Waals surface area contributed by atoms with Gasteiger partial charge in [-0.2, -0.15) is 0 Å². The van der Waals surface area contributed by atoms with Gasteiger partial charge in [0.05, 0.1) is 11.9 Å². The molecule has 2 aromatic rings. The molecule has 2 N–H and O–H groups in total. The molecule has 1 aromatic carbocycles. The van der Waals surface area contributed by atoms with Crippen molar-refractivity contribution in [3.05, 3.63) is 24.3 Å². The fourth-order valence-electron chi connectivity index (χ4n) is 2.91. The maximum atomic E-state index is 11.0. The molecule has 24 heavy (non-hydrogen) atoms. The molecule has 1 aliphatic carbocycles. The number of aromatic nitrogens is 3. The Morgan fingerprint density at radius 2 is 2.00 bits per heavy atom. The van der Waals surface area contributed by atoms with Crippen LogP contribution in [0.15, 0.2) is 29.4 Å². The SMILES string of the molecule is CCn1c(SCC(N)=O)nnc1-c1ccc(OC2CCCC2)cc1. The highest BCUT2D eigenvalue weighted by atomic mass is 32.2. The Morgan fingerprint density at radius 3 is 2.62 bits per heavy atom. The van der Waals surface area contributed by atoms with E-state index in [-0.39, 0.29) is 11.7 Å². The Morgan fingerprint density at radius 1 is 1.29 bits per heavy atom. The second-order valence-electron chi connectivity index (χ2n) is 5.85. The number of nitrogens with zero attached hydrogens (tertiary/aromatic N) is 3. The second kappa shape index (κ2) is 7.70. The van der Waals surface area contributed by atoms with E-state index in [4.69, 9.17) is 10.5 Å². The number of primary amides is 1. The molecule has 1 fully saturated rings. The number of amides is 1. The molecule has 0 radical (unpaired) electrons. The summed E-state index contributed by atoms with van der Waals surface area (Å²) in [6, 6.07) is 7.98. The van der Waals surface area contributed by atoms with Gasteiger partial charge in [-0.15, -0.1) is 10.2 Å². The molecule has 0 atom stereocenters. The molecular weight excluding hydrogens is 324 g/mol. The predicted molar refractivity (Wildman–Crippen MR) is 93.9 cm³/mol. The predicted octanol–water partition coefficient (Wildman–Crippen LogP) is 2.86. The van der Waals surface area contributed by atoms with Gasteiger partial charge in [0.25, 0.3) is 0 Å². The highest BCUT2D eigenvalue weighted by Gasteiger charge is 2.17. The van der Waals surface area contributed by atoms with Gasteiger partial charge in [-0.1, -0.05) is 11.8 Å². The third-order valence-corrected chi connectivity index (χ3v) is 5.08. The summed E-state index contributed by atoms with van der Waals surface area (Å²) in [5.41, 5.74) is 6.18. The minimum absolute atomic E-state index is 0.201. The van der Waals surface area contributed by atoms with Crippen LogP contribution in [0, 0.1) is 0 Å². The van der Waals surface area contributed by atoms with Crippen molar-refractivity contribution < 1.29 is 9.53 Å². The van der Waals surface area contributed by atoms with E-state index in [1.807, 2.05) is 35.8 Å². The number of carbonyl (C=O) groups is 1. The molecule has 1 heterocycles. The number of thioether (sulfide) groups is 1. The summed E-state index contributed by atoms with van der Waals surface area (Å²) in [4.78, 5) is 11.0. The average Bonchev–Trinajstić information content (AvgIpc) is 3.22. The lowest BCUT2D eigenvalue weighted by atomic mass is 10.2. The Labute approximate surface area is 145 Å². The lowest BCUT2D eigenvalue weighted by Crippen LogP contribution is -2.13. The van der Waals surface area contributed by atoms with E-state index in [9.17, 15) is 4.79 Å². The van der Waals surface area contributed by atoms with Crippen LogP contribution in [0.2, 0.25) is 0 Å². The first-order valence-corrected chi connectivity index (χ1v) is 9.27. The molecule has 0 bridgehead atoms. The zero-order chi connectivity index (χ0) is 16.9. The Hall–Kier alpha value is -2.02. The van der Waals surface area contributed by atoms with Gasteiger partial charge < -0.3 is 15.0 Å². The van der Waals surface area contributed by atoms with Gasteiger partial charge in [-0.3, -0.25) is 4.79 Å². The number of ether oxygens (including phenoxy) is 1. The second-order valence-corrected chi connectivity index (χ2v) is 6.80. The molecule has 7 heteroatoms. The molecule has 0 aliphatic heterocycles. The van der Waals surface area contributed by atoms with Crippen molar-refractivity contribution in [2.24, 2.45) is 5.73 Å². The Bertz CT molecular complexity index is 693. The summed E-state index contributed by atoms with van der Waals surface area (Å²) in [6.07, 6.45) is 5.16. The van der Waals surface area contributed by atoms with Gasteiger partial charge in [-0.05, 0) is 56.9 Å². The lowest BCUT2D eigenvalue weighted by Gasteiger charge is -2.13. The van der Waals surface area contributed by atoms with Crippen LogP contribution >= 0.6 is 11.8 Å². The number of benzene rings is 1. The summed E-state index contributed by atoms with van der Waals surface area (Å²) in [7, 11) is 0. The molecule has 1 aromatic heterocycles. The summed E-state index contributed by atoms with van der Waals surface area (Å²) >= 11 is 1.31. The smallest absolute Gasteiger partial charge is 0.227 e. The van der Waals surface area contributed by atoms with Crippen LogP contribution in [0.1, 0.15) is 32.6 Å². The molecule has 3 rings (SSSR count). The standard InChI is InChI=1S/C17H22N4O2S/c1-2-21-16(19-20-17(21)24-11-15(18)22)12-7-9-14(10-8-12)23-13-5-3-4-6-13/h7-10,13H,2-6,11H2,1H3,(H2,18,22). The van der Waals surface area contributed by atoms with Gasteiger partial charge in [-0.25, -0.2) is 0 Å². The summed E-state index contributed by atoms with van der Waals surface area (Å²) in [5.74, 6) is 1.53. The number of hydrogen-bond donors (Lipinski definition) is 1. The maximum Gasteiger partial charge on any atom is 0.227 e. The number of nitrogens with two attached hydrogens (primary N) is 1. The third kappa shape index (κ3) is 3.90. The Kier molecular flexibility index (Phi) is 5.40. The van der Waals surface area contributed by atoms with E-state index in [0.29, 0.717) is 11.3 Å². The van der Waals surface area contributed by atoms with Gasteiger partial charge >= 0.3 is 0 Å². The fourth-order valence-corrected chi connectivity index (χ4v) is 3.65. The van der Waals surface area contributed by atoms with Crippen molar-refractivity contribution in [2.45, 2.75) is 50.4 Å². The summed E-state index contributed by atoms with van der Waals surface area (Å²) in [6.45, 7) is 2.75. The van der Waals surface area contributed by atoms with Crippen molar-refractivity contribution in [1.82, 2.24) is 14.8 Å². The van der Waals surface area contributed by atoms with Crippen LogP contribution in [-0.4, -0.2) is 32.5 Å². The van der Waals surface area contributed by atoms with Crippen LogP contribution in [0.25, 0.3) is 11.4 Å². The first kappa shape index (κ1) is 16.8. The molecule has 1 aliphatic rings. The molecule has 6 nitrogen and oxygen atoms in total. The minimum Gasteiger partial charge on any atom is -0.490 e. The monoisotopic (exact) mass is 346 g/mol. The molecule has 0 saturated heterocycles. The zero-order valence-electron chi connectivity index (χ0n) is 13.8. The van der Waals surface area contributed by atoms with Crippen LogP contribution in [0.3, 0.4) is 0 Å². The summed E-state index contributed by atoms with van der Waals surface area (Å²) in [5, 5.41) is 9.15. The largest absolute Gasteiger partial charge is 0.490 e. The van der Waals surface area contributed by atoms with Gasteiger partial charge in [0, 0.05) is 12.1 Å². The molecule has 0 spiro atoms. The zero-order valence-corrected chi connectivity index (χ0v) is 14.6. The molecule has 1 amide bonds. The normalized spacial score (nSPS) is 14.9. The van der Waals surface area contributed by atoms with E-state index < -0.39 is 0 Å². The number of hydrogen-bond acceptors (Lipinski definition) is 5. The van der Waals surface area contributed by atoms with E-state index in [2.05, 4.69) is 10.2 Å². The van der Waals surface area contributed by atoms with Gasteiger partial charge in [0.15, 0.2) is 11.0 Å². The number of carbonyl (C=O) groups excluding carboxylic acids is 1. The van der Waals surface area contributed by atoms with Crippen LogP contribution in [0.4, 0.5) is 0 Å². The van der Waals surface area contributed by atoms with E-state index in [1.54, 1.807) is 0 Å². The van der Waals surface area contributed by atoms with Crippen LogP contribution in [0.5, 0.6) is 5.75 Å². The van der Waals surface area contributed by atoms with Crippen LogP contribution in [-0.2, 0) is 11.3 Å². The average molecular weight is 346 g/mol.